The van der Waals surface area contributed by atoms with E-state index < -0.39 is 10.0 Å². The van der Waals surface area contributed by atoms with Gasteiger partial charge in [0.1, 0.15) is 0 Å². The fourth-order valence-electron chi connectivity index (χ4n) is 3.08. The van der Waals surface area contributed by atoms with Crippen LogP contribution in [0, 0.1) is 13.8 Å². The van der Waals surface area contributed by atoms with E-state index in [1.165, 1.54) is 12.1 Å². The van der Waals surface area contributed by atoms with Crippen LogP contribution in [0.15, 0.2) is 77.7 Å². The van der Waals surface area contributed by atoms with Gasteiger partial charge in [0, 0.05) is 11.4 Å². The van der Waals surface area contributed by atoms with Crippen molar-refractivity contribution in [2.24, 2.45) is 0 Å². The van der Waals surface area contributed by atoms with Crippen LogP contribution in [0.25, 0.3) is 0 Å². The molecule has 0 heterocycles. The molecule has 0 atom stereocenters. The molecule has 0 saturated carbocycles. The third kappa shape index (κ3) is 6.63. The molecule has 0 spiro atoms. The summed E-state index contributed by atoms with van der Waals surface area (Å²) >= 11 is 5.17. The summed E-state index contributed by atoms with van der Waals surface area (Å²) in [4.78, 5) is 12.2. The monoisotopic (exact) mass is 453 g/mol. The fourth-order valence-corrected chi connectivity index (χ4v) is 4.35. The van der Waals surface area contributed by atoms with Crippen LogP contribution in [-0.2, 0) is 21.2 Å². The maximum absolute atomic E-state index is 12.7. The van der Waals surface area contributed by atoms with Gasteiger partial charge in [0.25, 0.3) is 10.0 Å². The van der Waals surface area contributed by atoms with Gasteiger partial charge < -0.3 is 10.6 Å². The minimum absolute atomic E-state index is 0.122. The predicted octanol–water partition coefficient (Wildman–Crippen LogP) is 4.16. The Hall–Kier alpha value is -3.23. The van der Waals surface area contributed by atoms with Crippen molar-refractivity contribution in [1.29, 1.82) is 0 Å². The Bertz CT molecular complexity index is 1170. The van der Waals surface area contributed by atoms with Crippen molar-refractivity contribution < 1.29 is 13.2 Å². The maximum Gasteiger partial charge on any atom is 0.261 e. The molecule has 0 aliphatic carbocycles. The summed E-state index contributed by atoms with van der Waals surface area (Å²) in [5, 5.41) is 5.65. The second-order valence-corrected chi connectivity index (χ2v) is 9.26. The zero-order chi connectivity index (χ0) is 22.4. The molecule has 0 unspecified atom stereocenters. The van der Waals surface area contributed by atoms with E-state index in [-0.39, 0.29) is 22.3 Å². The van der Waals surface area contributed by atoms with Crippen molar-refractivity contribution in [2.45, 2.75) is 25.2 Å². The van der Waals surface area contributed by atoms with Gasteiger partial charge in [-0.15, -0.1) is 0 Å². The lowest BCUT2D eigenvalue weighted by atomic mass is 10.1. The summed E-state index contributed by atoms with van der Waals surface area (Å²) in [7, 11) is -3.73. The summed E-state index contributed by atoms with van der Waals surface area (Å²) in [6.07, 6.45) is 0.212. The molecule has 8 heteroatoms. The first-order chi connectivity index (χ1) is 14.7. The van der Waals surface area contributed by atoms with Crippen molar-refractivity contribution in [3.8, 4) is 0 Å². The van der Waals surface area contributed by atoms with E-state index in [1.807, 2.05) is 50.2 Å². The smallest absolute Gasteiger partial charge is 0.261 e. The normalized spacial score (nSPS) is 10.9. The van der Waals surface area contributed by atoms with Crippen molar-refractivity contribution in [3.63, 3.8) is 0 Å². The van der Waals surface area contributed by atoms with E-state index in [9.17, 15) is 13.2 Å². The van der Waals surface area contributed by atoms with E-state index in [4.69, 9.17) is 12.2 Å². The molecule has 3 rings (SSSR count). The molecule has 1 amide bonds. The number of amides is 1. The van der Waals surface area contributed by atoms with E-state index >= 15 is 0 Å². The van der Waals surface area contributed by atoms with E-state index in [2.05, 4.69) is 15.4 Å². The van der Waals surface area contributed by atoms with E-state index in [0.717, 1.165) is 16.7 Å². The number of nitrogens with one attached hydrogen (secondary N) is 3. The van der Waals surface area contributed by atoms with Gasteiger partial charge >= 0.3 is 0 Å². The number of thiocarbonyl (C=S) groups is 1. The highest BCUT2D eigenvalue weighted by molar-refractivity contribution is 7.92. The molecule has 3 aromatic rings. The van der Waals surface area contributed by atoms with Crippen LogP contribution in [0.2, 0.25) is 0 Å². The predicted molar refractivity (Wildman–Crippen MR) is 128 cm³/mol. The number of sulfonamides is 1. The maximum atomic E-state index is 12.7. The van der Waals surface area contributed by atoms with Gasteiger partial charge in [0.05, 0.1) is 11.3 Å². The van der Waals surface area contributed by atoms with E-state index in [1.54, 1.807) is 24.3 Å². The molecule has 3 aromatic carbocycles. The molecule has 160 valence electrons. The Morgan fingerprint density at radius 1 is 0.871 bits per heavy atom. The van der Waals surface area contributed by atoms with Crippen LogP contribution >= 0.6 is 12.2 Å². The summed E-state index contributed by atoms with van der Waals surface area (Å²) < 4.78 is 27.9. The topological polar surface area (TPSA) is 87.3 Å². The van der Waals surface area contributed by atoms with Crippen molar-refractivity contribution in [3.05, 3.63) is 89.5 Å². The second-order valence-electron chi connectivity index (χ2n) is 7.17. The minimum Gasteiger partial charge on any atom is -0.332 e. The number of carbonyl (C=O) groups excluding carboxylic acids is 1. The molecule has 0 fully saturated rings. The molecule has 3 N–H and O–H groups in total. The number of anilines is 2. The van der Waals surface area contributed by atoms with Crippen LogP contribution in [0.3, 0.4) is 0 Å². The first-order valence-electron chi connectivity index (χ1n) is 9.57. The molecule has 0 radical (unpaired) electrons. The molecule has 6 nitrogen and oxygen atoms in total. The summed E-state index contributed by atoms with van der Waals surface area (Å²) in [5.74, 6) is -0.236. The molecule has 0 aromatic heterocycles. The standard InChI is InChI=1S/C23H23N3O3S2/c1-16-12-17(2)14-20(13-16)26-31(28,29)21-10-8-19(9-11-21)24-23(30)25-22(27)15-18-6-4-3-5-7-18/h3-14,26H,15H2,1-2H3,(H2,24,25,27,30). The molecule has 0 saturated heterocycles. The molecule has 31 heavy (non-hydrogen) atoms. The number of hydrogen-bond acceptors (Lipinski definition) is 4. The fraction of sp³-hybridized carbons (Fsp3) is 0.130. The summed E-state index contributed by atoms with van der Waals surface area (Å²) in [6.45, 7) is 3.82. The average molecular weight is 454 g/mol. The van der Waals surface area contributed by atoms with Crippen LogP contribution in [0.4, 0.5) is 11.4 Å². The Morgan fingerprint density at radius 3 is 2.10 bits per heavy atom. The lowest BCUT2D eigenvalue weighted by molar-refractivity contribution is -0.119. The third-order valence-corrected chi connectivity index (χ3v) is 5.96. The van der Waals surface area contributed by atoms with Crippen LogP contribution < -0.4 is 15.4 Å². The number of benzene rings is 3. The van der Waals surface area contributed by atoms with Gasteiger partial charge in [-0.1, -0.05) is 36.4 Å². The van der Waals surface area contributed by atoms with Gasteiger partial charge in [-0.3, -0.25) is 9.52 Å². The zero-order valence-electron chi connectivity index (χ0n) is 17.2. The van der Waals surface area contributed by atoms with Gasteiger partial charge in [-0.25, -0.2) is 8.42 Å². The van der Waals surface area contributed by atoms with Crippen LogP contribution in [0.1, 0.15) is 16.7 Å². The summed E-state index contributed by atoms with van der Waals surface area (Å²) in [5.41, 5.74) is 3.91. The number of carbonyl (C=O) groups is 1. The highest BCUT2D eigenvalue weighted by Gasteiger charge is 2.15. The average Bonchev–Trinajstić information content (AvgIpc) is 2.67. The minimum atomic E-state index is -3.73. The van der Waals surface area contributed by atoms with Crippen LogP contribution in [-0.4, -0.2) is 19.4 Å². The Labute approximate surface area is 187 Å². The molecular formula is C23H23N3O3S2. The Balaban J connectivity index is 1.60. The molecule has 0 aliphatic heterocycles. The highest BCUT2D eigenvalue weighted by atomic mass is 32.2. The highest BCUT2D eigenvalue weighted by Crippen LogP contribution is 2.20. The first kappa shape index (κ1) is 22.5. The van der Waals surface area contributed by atoms with Crippen LogP contribution in [0.5, 0.6) is 0 Å². The van der Waals surface area contributed by atoms with Crippen molar-refractivity contribution in [1.82, 2.24) is 5.32 Å². The SMILES string of the molecule is Cc1cc(C)cc(NS(=O)(=O)c2ccc(NC(=S)NC(=O)Cc3ccccc3)cc2)c1. The number of aryl methyl sites for hydroxylation is 2. The first-order valence-corrected chi connectivity index (χ1v) is 11.5. The van der Waals surface area contributed by atoms with E-state index in [0.29, 0.717) is 11.4 Å². The van der Waals surface area contributed by atoms with Gasteiger partial charge in [-0.05, 0) is 79.2 Å². The second kappa shape index (κ2) is 9.72. The molecular weight excluding hydrogens is 430 g/mol. The number of rotatable bonds is 6. The lowest BCUT2D eigenvalue weighted by Gasteiger charge is -2.12. The van der Waals surface area contributed by atoms with Crippen molar-refractivity contribution in [2.75, 3.05) is 10.0 Å². The van der Waals surface area contributed by atoms with Gasteiger partial charge in [0.15, 0.2) is 5.11 Å². The molecule has 0 aliphatic rings. The quantitative estimate of drug-likeness (QED) is 0.488. The Kier molecular flexibility index (Phi) is 7.04. The Morgan fingerprint density at radius 2 is 1.48 bits per heavy atom. The zero-order valence-corrected chi connectivity index (χ0v) is 18.8. The number of hydrogen-bond donors (Lipinski definition) is 3. The molecule has 0 bridgehead atoms. The van der Waals surface area contributed by atoms with Crippen molar-refractivity contribution >= 4 is 44.6 Å². The largest absolute Gasteiger partial charge is 0.332 e. The summed E-state index contributed by atoms with van der Waals surface area (Å²) in [6, 6.07) is 21.0. The van der Waals surface area contributed by atoms with Gasteiger partial charge in [0.2, 0.25) is 5.91 Å². The third-order valence-electron chi connectivity index (χ3n) is 4.36. The lowest BCUT2D eigenvalue weighted by Crippen LogP contribution is -2.35. The van der Waals surface area contributed by atoms with Gasteiger partial charge in [-0.2, -0.15) is 0 Å².